The van der Waals surface area contributed by atoms with E-state index in [1.54, 1.807) is 18.2 Å². The molecule has 2 rings (SSSR count). The molecule has 2 nitrogen and oxygen atoms in total. The fourth-order valence-electron chi connectivity index (χ4n) is 2.19. The van der Waals surface area contributed by atoms with Crippen molar-refractivity contribution in [2.24, 2.45) is 0 Å². The number of carbonyl (C=O) groups is 1. The second-order valence-electron chi connectivity index (χ2n) is 4.52. The number of nitrogens with one attached hydrogen (secondary N) is 1. The van der Waals surface area contributed by atoms with Gasteiger partial charge in [-0.05, 0) is 44.9 Å². The minimum Gasteiger partial charge on any atom is -0.305 e. The Morgan fingerprint density at radius 2 is 2.12 bits per heavy atom. The summed E-state index contributed by atoms with van der Waals surface area (Å²) in [5.74, 6) is -0.564. The zero-order chi connectivity index (χ0) is 11.6. The van der Waals surface area contributed by atoms with Crippen LogP contribution in [0.3, 0.4) is 0 Å². The van der Waals surface area contributed by atoms with Gasteiger partial charge in [-0.15, -0.1) is 0 Å². The molecule has 3 heteroatoms. The number of benzene rings is 1. The molecule has 0 spiro atoms. The van der Waals surface area contributed by atoms with Gasteiger partial charge < -0.3 is 5.32 Å². The van der Waals surface area contributed by atoms with Crippen LogP contribution in [0.1, 0.15) is 36.5 Å². The van der Waals surface area contributed by atoms with Gasteiger partial charge >= 0.3 is 0 Å². The summed E-state index contributed by atoms with van der Waals surface area (Å²) in [6.45, 7) is 2.69. The van der Waals surface area contributed by atoms with E-state index in [4.69, 9.17) is 0 Å². The summed E-state index contributed by atoms with van der Waals surface area (Å²) in [4.78, 5) is 12.2. The Kier molecular flexibility index (Phi) is 3.06. The molecule has 1 unspecified atom stereocenters. The molecule has 1 atom stereocenters. The van der Waals surface area contributed by atoms with Crippen LogP contribution in [0, 0.1) is 5.82 Å². The molecule has 1 aromatic carbocycles. The first-order chi connectivity index (χ1) is 7.63. The predicted octanol–water partition coefficient (Wildman–Crippen LogP) is 2.54. The van der Waals surface area contributed by atoms with E-state index in [9.17, 15) is 9.18 Å². The molecule has 0 bridgehead atoms. The second-order valence-corrected chi connectivity index (χ2v) is 4.52. The fraction of sp³-hybridized carbons (Fsp3) is 0.462. The lowest BCUT2D eigenvalue weighted by Gasteiger charge is -2.33. The average Bonchev–Trinajstić information content (AvgIpc) is 2.30. The van der Waals surface area contributed by atoms with Gasteiger partial charge in [-0.2, -0.15) is 0 Å². The Balaban J connectivity index is 2.28. The fourth-order valence-corrected chi connectivity index (χ4v) is 2.19. The molecule has 0 amide bonds. The van der Waals surface area contributed by atoms with Gasteiger partial charge in [0.15, 0.2) is 5.78 Å². The van der Waals surface area contributed by atoms with Crippen molar-refractivity contribution in [2.45, 2.75) is 31.7 Å². The number of hydrogen-bond acceptors (Lipinski definition) is 2. The molecule has 1 N–H and O–H groups in total. The highest BCUT2D eigenvalue weighted by Gasteiger charge is 2.35. The standard InChI is InChI=1S/C13H16FNO/c1-13(8-4-5-9-15-13)12(16)10-6-2-3-7-11(10)14/h2-3,6-7,15H,4-5,8-9H2,1H3. The molecule has 1 fully saturated rings. The quantitative estimate of drug-likeness (QED) is 0.777. The third kappa shape index (κ3) is 2.00. The SMILES string of the molecule is CC1(C(=O)c2ccccc2F)CCCCN1. The predicted molar refractivity (Wildman–Crippen MR) is 61.0 cm³/mol. The normalized spacial score (nSPS) is 25.4. The maximum atomic E-state index is 13.5. The first-order valence-electron chi connectivity index (χ1n) is 5.68. The minimum atomic E-state index is -0.597. The number of hydrogen-bond donors (Lipinski definition) is 1. The van der Waals surface area contributed by atoms with E-state index >= 15 is 0 Å². The van der Waals surface area contributed by atoms with E-state index in [0.29, 0.717) is 0 Å². The third-order valence-corrected chi connectivity index (χ3v) is 3.24. The maximum Gasteiger partial charge on any atom is 0.185 e. The minimum absolute atomic E-state index is 0.134. The van der Waals surface area contributed by atoms with Gasteiger partial charge in [-0.1, -0.05) is 12.1 Å². The van der Waals surface area contributed by atoms with Crippen LogP contribution in [-0.4, -0.2) is 17.9 Å². The smallest absolute Gasteiger partial charge is 0.185 e. The van der Waals surface area contributed by atoms with Crippen molar-refractivity contribution >= 4 is 5.78 Å². The number of piperidine rings is 1. The van der Waals surface area contributed by atoms with Crippen LogP contribution in [-0.2, 0) is 0 Å². The number of ketones is 1. The van der Waals surface area contributed by atoms with Crippen LogP contribution in [0.25, 0.3) is 0 Å². The second kappa shape index (κ2) is 4.34. The molecule has 0 saturated carbocycles. The summed E-state index contributed by atoms with van der Waals surface area (Å²) in [6, 6.07) is 6.18. The van der Waals surface area contributed by atoms with E-state index < -0.39 is 11.4 Å². The van der Waals surface area contributed by atoms with Crippen LogP contribution in [0.5, 0.6) is 0 Å². The van der Waals surface area contributed by atoms with Gasteiger partial charge in [0.1, 0.15) is 5.82 Å². The van der Waals surface area contributed by atoms with Crippen LogP contribution in [0.15, 0.2) is 24.3 Å². The Hall–Kier alpha value is -1.22. The Morgan fingerprint density at radius 3 is 2.75 bits per heavy atom. The molecular formula is C13H16FNO. The van der Waals surface area contributed by atoms with E-state index in [1.165, 1.54) is 6.07 Å². The molecule has 1 heterocycles. The number of halogens is 1. The zero-order valence-corrected chi connectivity index (χ0v) is 9.42. The van der Waals surface area contributed by atoms with Gasteiger partial charge in [0.2, 0.25) is 0 Å². The monoisotopic (exact) mass is 221 g/mol. The Bertz CT molecular complexity index is 397. The van der Waals surface area contributed by atoms with Crippen molar-refractivity contribution in [3.63, 3.8) is 0 Å². The van der Waals surface area contributed by atoms with Crippen LogP contribution < -0.4 is 5.32 Å². The molecule has 1 saturated heterocycles. The molecule has 1 aromatic rings. The number of carbonyl (C=O) groups excluding carboxylic acids is 1. The van der Waals surface area contributed by atoms with E-state index in [-0.39, 0.29) is 11.3 Å². The summed E-state index contributed by atoms with van der Waals surface area (Å²) in [5.41, 5.74) is -0.403. The molecule has 16 heavy (non-hydrogen) atoms. The van der Waals surface area contributed by atoms with Crippen LogP contribution in [0.4, 0.5) is 4.39 Å². The summed E-state index contributed by atoms with van der Waals surface area (Å²) >= 11 is 0. The summed E-state index contributed by atoms with van der Waals surface area (Å²) in [5, 5.41) is 3.20. The highest BCUT2D eigenvalue weighted by atomic mass is 19.1. The van der Waals surface area contributed by atoms with Gasteiger partial charge in [-0.3, -0.25) is 4.79 Å². The number of Topliss-reactive ketones (excluding diaryl/α,β-unsaturated/α-hetero) is 1. The van der Waals surface area contributed by atoms with Gasteiger partial charge in [0, 0.05) is 0 Å². The summed E-state index contributed by atoms with van der Waals surface area (Å²) < 4.78 is 13.5. The van der Waals surface area contributed by atoms with Gasteiger partial charge in [-0.25, -0.2) is 4.39 Å². The van der Waals surface area contributed by atoms with Crippen LogP contribution >= 0.6 is 0 Å². The van der Waals surface area contributed by atoms with E-state index in [2.05, 4.69) is 5.32 Å². The Morgan fingerprint density at radius 1 is 1.38 bits per heavy atom. The van der Waals surface area contributed by atoms with E-state index in [1.807, 2.05) is 6.92 Å². The van der Waals surface area contributed by atoms with Gasteiger partial charge in [0.05, 0.1) is 11.1 Å². The largest absolute Gasteiger partial charge is 0.305 e. The third-order valence-electron chi connectivity index (χ3n) is 3.24. The average molecular weight is 221 g/mol. The lowest BCUT2D eigenvalue weighted by atomic mass is 9.83. The lowest BCUT2D eigenvalue weighted by Crippen LogP contribution is -2.52. The zero-order valence-electron chi connectivity index (χ0n) is 9.42. The van der Waals surface area contributed by atoms with Crippen molar-refractivity contribution in [3.05, 3.63) is 35.6 Å². The molecule has 0 aliphatic carbocycles. The topological polar surface area (TPSA) is 29.1 Å². The van der Waals surface area contributed by atoms with E-state index in [0.717, 1.165) is 25.8 Å². The summed E-state index contributed by atoms with van der Waals surface area (Å²) in [7, 11) is 0. The van der Waals surface area contributed by atoms with Gasteiger partial charge in [0.25, 0.3) is 0 Å². The van der Waals surface area contributed by atoms with Crippen molar-refractivity contribution in [2.75, 3.05) is 6.54 Å². The Labute approximate surface area is 94.9 Å². The molecule has 1 aliphatic heterocycles. The first-order valence-corrected chi connectivity index (χ1v) is 5.68. The highest BCUT2D eigenvalue weighted by molar-refractivity contribution is 6.03. The molecule has 0 aromatic heterocycles. The highest BCUT2D eigenvalue weighted by Crippen LogP contribution is 2.24. The number of rotatable bonds is 2. The molecule has 0 radical (unpaired) electrons. The molecular weight excluding hydrogens is 205 g/mol. The van der Waals surface area contributed by atoms with Crippen molar-refractivity contribution in [1.82, 2.24) is 5.32 Å². The summed E-state index contributed by atoms with van der Waals surface area (Å²) in [6.07, 6.45) is 2.88. The lowest BCUT2D eigenvalue weighted by molar-refractivity contribution is 0.0830. The first kappa shape index (κ1) is 11.3. The maximum absolute atomic E-state index is 13.5. The van der Waals surface area contributed by atoms with Crippen molar-refractivity contribution < 1.29 is 9.18 Å². The molecule has 86 valence electrons. The van der Waals surface area contributed by atoms with Crippen molar-refractivity contribution in [3.8, 4) is 0 Å². The van der Waals surface area contributed by atoms with Crippen LogP contribution in [0.2, 0.25) is 0 Å². The van der Waals surface area contributed by atoms with Crippen molar-refractivity contribution in [1.29, 1.82) is 0 Å². The molecule has 1 aliphatic rings.